The maximum atomic E-state index is 3.93. The van der Waals surface area contributed by atoms with E-state index in [1.54, 1.807) is 0 Å². The van der Waals surface area contributed by atoms with E-state index < -0.39 is 0 Å². The van der Waals surface area contributed by atoms with Gasteiger partial charge in [0.1, 0.15) is 0 Å². The average Bonchev–Trinajstić information content (AvgIpc) is 2.28. The lowest BCUT2D eigenvalue weighted by atomic mass is 9.67. The van der Waals surface area contributed by atoms with Gasteiger partial charge >= 0.3 is 0 Å². The lowest BCUT2D eigenvalue weighted by Gasteiger charge is -2.41. The van der Waals surface area contributed by atoms with Crippen molar-refractivity contribution < 1.29 is 0 Å². The van der Waals surface area contributed by atoms with Crippen LogP contribution in [0.2, 0.25) is 0 Å². The summed E-state index contributed by atoms with van der Waals surface area (Å²) in [4.78, 5) is 0.492. The smallest absolute Gasteiger partial charge is 0.0428 e. The summed E-state index contributed by atoms with van der Waals surface area (Å²) in [6.07, 6.45) is 5.48. The Morgan fingerprint density at radius 1 is 1.18 bits per heavy atom. The van der Waals surface area contributed by atoms with Gasteiger partial charge < -0.3 is 0 Å². The van der Waals surface area contributed by atoms with Gasteiger partial charge in [-0.2, -0.15) is 0 Å². The van der Waals surface area contributed by atoms with E-state index >= 15 is 0 Å². The molecule has 0 saturated heterocycles. The summed E-state index contributed by atoms with van der Waals surface area (Å²) >= 11 is 7.43. The number of hydrogen-bond acceptors (Lipinski definition) is 0. The first-order chi connectivity index (χ1) is 8.00. The molecule has 2 heteroatoms. The zero-order chi connectivity index (χ0) is 12.5. The molecule has 1 aromatic rings. The van der Waals surface area contributed by atoms with Gasteiger partial charge in [0.05, 0.1) is 0 Å². The van der Waals surface area contributed by atoms with Crippen molar-refractivity contribution in [1.29, 1.82) is 0 Å². The molecule has 2 rings (SSSR count). The first-order valence-electron chi connectivity index (χ1n) is 6.40. The predicted molar refractivity (Wildman–Crippen MR) is 81.5 cm³/mol. The number of hydrogen-bond donors (Lipinski definition) is 0. The molecule has 0 N–H and O–H groups in total. The summed E-state index contributed by atoms with van der Waals surface area (Å²) in [6.45, 7) is 4.84. The minimum Gasteiger partial charge on any atom is -0.0836 e. The maximum Gasteiger partial charge on any atom is 0.0428 e. The Balaban J connectivity index is 2.18. The van der Waals surface area contributed by atoms with E-state index in [1.807, 2.05) is 0 Å². The highest BCUT2D eigenvalue weighted by atomic mass is 79.9. The van der Waals surface area contributed by atoms with Gasteiger partial charge in [0, 0.05) is 9.30 Å². The molecule has 0 nitrogen and oxygen atoms in total. The van der Waals surface area contributed by atoms with Crippen molar-refractivity contribution >= 4 is 31.9 Å². The summed E-state index contributed by atoms with van der Waals surface area (Å²) in [5, 5.41) is 0. The summed E-state index contributed by atoms with van der Waals surface area (Å²) in [5.74, 6) is 0.748. The average molecular weight is 360 g/mol. The quantitative estimate of drug-likeness (QED) is 0.559. The minimum absolute atomic E-state index is 0.458. The van der Waals surface area contributed by atoms with Crippen LogP contribution in [0.4, 0.5) is 0 Å². The third kappa shape index (κ3) is 3.14. The fraction of sp³-hybridized carbons (Fsp3) is 0.600. The lowest BCUT2D eigenvalue weighted by molar-refractivity contribution is 0.136. The Morgan fingerprint density at radius 3 is 2.41 bits per heavy atom. The topological polar surface area (TPSA) is 0 Å². The molecule has 0 radical (unpaired) electrons. The van der Waals surface area contributed by atoms with Gasteiger partial charge in [0.15, 0.2) is 0 Å². The zero-order valence-electron chi connectivity index (χ0n) is 10.5. The van der Waals surface area contributed by atoms with Crippen molar-refractivity contribution in [3.05, 3.63) is 34.3 Å². The van der Waals surface area contributed by atoms with E-state index in [2.05, 4.69) is 70.0 Å². The van der Waals surface area contributed by atoms with Crippen LogP contribution in [0.15, 0.2) is 28.7 Å². The van der Waals surface area contributed by atoms with Crippen molar-refractivity contribution in [2.24, 2.45) is 11.3 Å². The first-order valence-corrected chi connectivity index (χ1v) is 8.11. The SMILES string of the molecule is CC1(C)CCCCC1C(Br)c1ccc(Br)cc1. The van der Waals surface area contributed by atoms with E-state index in [4.69, 9.17) is 0 Å². The van der Waals surface area contributed by atoms with Crippen LogP contribution in [0.3, 0.4) is 0 Å². The monoisotopic (exact) mass is 358 g/mol. The van der Waals surface area contributed by atoms with Crippen molar-refractivity contribution in [3.8, 4) is 0 Å². The zero-order valence-corrected chi connectivity index (χ0v) is 13.7. The minimum atomic E-state index is 0.458. The molecule has 0 heterocycles. The second-order valence-electron chi connectivity index (χ2n) is 5.79. The summed E-state index contributed by atoms with van der Waals surface area (Å²) in [6, 6.07) is 8.74. The summed E-state index contributed by atoms with van der Waals surface area (Å²) in [5.41, 5.74) is 1.87. The summed E-state index contributed by atoms with van der Waals surface area (Å²) < 4.78 is 1.16. The van der Waals surface area contributed by atoms with Crippen LogP contribution in [-0.2, 0) is 0 Å². The van der Waals surface area contributed by atoms with Gasteiger partial charge in [0.2, 0.25) is 0 Å². The van der Waals surface area contributed by atoms with Crippen molar-refractivity contribution in [3.63, 3.8) is 0 Å². The first kappa shape index (κ1) is 13.6. The van der Waals surface area contributed by atoms with E-state index in [-0.39, 0.29) is 0 Å². The standard InChI is InChI=1S/C15H20Br2/c1-15(2)10-4-3-5-13(15)14(17)11-6-8-12(16)9-7-11/h6-9,13-14H,3-5,10H2,1-2H3. The number of halogens is 2. The van der Waals surface area contributed by atoms with Crippen LogP contribution < -0.4 is 0 Å². The van der Waals surface area contributed by atoms with E-state index in [9.17, 15) is 0 Å². The predicted octanol–water partition coefficient (Wildman–Crippen LogP) is 6.10. The number of benzene rings is 1. The normalized spacial score (nSPS) is 25.5. The van der Waals surface area contributed by atoms with Crippen molar-refractivity contribution in [2.45, 2.75) is 44.4 Å². The third-order valence-electron chi connectivity index (χ3n) is 4.13. The molecular formula is C15H20Br2. The lowest BCUT2D eigenvalue weighted by Crippen LogP contribution is -2.30. The molecule has 2 unspecified atom stereocenters. The molecule has 1 aliphatic carbocycles. The second-order valence-corrected chi connectivity index (χ2v) is 7.70. The summed E-state index contributed by atoms with van der Waals surface area (Å²) in [7, 11) is 0. The Morgan fingerprint density at radius 2 is 1.82 bits per heavy atom. The Kier molecular flexibility index (Phi) is 4.35. The molecule has 0 bridgehead atoms. The van der Waals surface area contributed by atoms with Gasteiger partial charge in [-0.1, -0.05) is 70.7 Å². The largest absolute Gasteiger partial charge is 0.0836 e. The van der Waals surface area contributed by atoms with E-state index in [0.29, 0.717) is 10.2 Å². The van der Waals surface area contributed by atoms with E-state index in [1.165, 1.54) is 31.2 Å². The maximum absolute atomic E-state index is 3.93. The Labute approximate surface area is 121 Å². The van der Waals surface area contributed by atoms with Crippen LogP contribution >= 0.6 is 31.9 Å². The van der Waals surface area contributed by atoms with Crippen LogP contribution in [-0.4, -0.2) is 0 Å². The highest BCUT2D eigenvalue weighted by Crippen LogP contribution is 2.50. The molecule has 1 aromatic carbocycles. The molecular weight excluding hydrogens is 340 g/mol. The number of rotatable bonds is 2. The third-order valence-corrected chi connectivity index (χ3v) is 5.83. The highest BCUT2D eigenvalue weighted by Gasteiger charge is 2.36. The Bertz CT molecular complexity index is 367. The van der Waals surface area contributed by atoms with Crippen LogP contribution in [0.5, 0.6) is 0 Å². The second kappa shape index (κ2) is 5.44. The van der Waals surface area contributed by atoms with E-state index in [0.717, 1.165) is 10.4 Å². The van der Waals surface area contributed by atoms with Gasteiger partial charge in [-0.3, -0.25) is 0 Å². The van der Waals surface area contributed by atoms with Gasteiger partial charge in [-0.25, -0.2) is 0 Å². The molecule has 0 spiro atoms. The highest BCUT2D eigenvalue weighted by molar-refractivity contribution is 9.10. The fourth-order valence-corrected chi connectivity index (χ4v) is 4.49. The van der Waals surface area contributed by atoms with Gasteiger partial charge in [-0.15, -0.1) is 0 Å². The molecule has 1 aliphatic rings. The van der Waals surface area contributed by atoms with Crippen LogP contribution in [0, 0.1) is 11.3 Å². The number of alkyl halides is 1. The Hall–Kier alpha value is 0.180. The fourth-order valence-electron chi connectivity index (χ4n) is 2.94. The molecule has 2 atom stereocenters. The molecule has 94 valence electrons. The van der Waals surface area contributed by atoms with Gasteiger partial charge in [0.25, 0.3) is 0 Å². The van der Waals surface area contributed by atoms with Crippen molar-refractivity contribution in [2.75, 3.05) is 0 Å². The van der Waals surface area contributed by atoms with Crippen LogP contribution in [0.1, 0.15) is 49.9 Å². The molecule has 0 aromatic heterocycles. The molecule has 0 aliphatic heterocycles. The molecule has 17 heavy (non-hydrogen) atoms. The molecule has 1 saturated carbocycles. The van der Waals surface area contributed by atoms with Crippen LogP contribution in [0.25, 0.3) is 0 Å². The molecule has 1 fully saturated rings. The molecule has 0 amide bonds. The van der Waals surface area contributed by atoms with Crippen molar-refractivity contribution in [1.82, 2.24) is 0 Å². The van der Waals surface area contributed by atoms with Gasteiger partial charge in [-0.05, 0) is 41.9 Å².